The number of esters is 3. The second-order valence-corrected chi connectivity index (χ2v) is 17.1. The number of ether oxygens (including phenoxy) is 3. The van der Waals surface area contributed by atoms with Crippen molar-refractivity contribution in [1.29, 1.82) is 0 Å². The summed E-state index contributed by atoms with van der Waals surface area (Å²) in [6.07, 6.45) is 50.7. The van der Waals surface area contributed by atoms with Gasteiger partial charge in [-0.2, -0.15) is 0 Å². The van der Waals surface area contributed by atoms with Crippen LogP contribution in [0.15, 0.2) is 12.2 Å². The lowest BCUT2D eigenvalue weighted by molar-refractivity contribution is -0.167. The van der Waals surface area contributed by atoms with Gasteiger partial charge >= 0.3 is 17.9 Å². The minimum atomic E-state index is -0.766. The van der Waals surface area contributed by atoms with Gasteiger partial charge in [-0.3, -0.25) is 14.4 Å². The van der Waals surface area contributed by atoms with Crippen molar-refractivity contribution in [1.82, 2.24) is 0 Å². The molecule has 1 atom stereocenters. The maximum absolute atomic E-state index is 12.7. The lowest BCUT2D eigenvalue weighted by Gasteiger charge is -2.18. The zero-order valence-electron chi connectivity index (χ0n) is 38.4. The molecule has 0 aromatic carbocycles. The maximum Gasteiger partial charge on any atom is 0.306 e. The molecule has 0 aliphatic rings. The highest BCUT2D eigenvalue weighted by atomic mass is 16.6. The average molecular weight is 805 g/mol. The fraction of sp³-hybridized carbons (Fsp3) is 0.902. The molecule has 0 aliphatic carbocycles. The van der Waals surface area contributed by atoms with Gasteiger partial charge in [-0.05, 0) is 44.9 Å². The van der Waals surface area contributed by atoms with E-state index in [-0.39, 0.29) is 31.1 Å². The molecule has 6 heteroatoms. The van der Waals surface area contributed by atoms with Crippen molar-refractivity contribution in [2.24, 2.45) is 0 Å². The third kappa shape index (κ3) is 45.1. The molecule has 0 N–H and O–H groups in total. The van der Waals surface area contributed by atoms with Crippen molar-refractivity contribution in [3.63, 3.8) is 0 Å². The van der Waals surface area contributed by atoms with Crippen LogP contribution in [0.5, 0.6) is 0 Å². The van der Waals surface area contributed by atoms with Gasteiger partial charge in [0.1, 0.15) is 13.2 Å². The third-order valence-electron chi connectivity index (χ3n) is 11.3. The highest BCUT2D eigenvalue weighted by molar-refractivity contribution is 5.71. The van der Waals surface area contributed by atoms with E-state index in [1.165, 1.54) is 173 Å². The first kappa shape index (κ1) is 55.2. The predicted molar refractivity (Wildman–Crippen MR) is 243 cm³/mol. The first-order valence-electron chi connectivity index (χ1n) is 25.2. The zero-order valence-corrected chi connectivity index (χ0v) is 38.4. The first-order valence-corrected chi connectivity index (χ1v) is 25.2. The molecule has 0 saturated carbocycles. The Balaban J connectivity index is 4.21. The van der Waals surface area contributed by atoms with Gasteiger partial charge < -0.3 is 14.2 Å². The highest BCUT2D eigenvalue weighted by Gasteiger charge is 2.19. The summed E-state index contributed by atoms with van der Waals surface area (Å²) in [6.45, 7) is 6.61. The summed E-state index contributed by atoms with van der Waals surface area (Å²) < 4.78 is 16.7. The molecule has 0 spiro atoms. The summed E-state index contributed by atoms with van der Waals surface area (Å²) in [5.41, 5.74) is 0. The second-order valence-electron chi connectivity index (χ2n) is 17.1. The Morgan fingerprint density at radius 2 is 0.579 bits per heavy atom. The van der Waals surface area contributed by atoms with E-state index < -0.39 is 6.10 Å². The van der Waals surface area contributed by atoms with Gasteiger partial charge in [-0.25, -0.2) is 0 Å². The Kier molecular flexibility index (Phi) is 45.3. The van der Waals surface area contributed by atoms with E-state index in [1.54, 1.807) is 0 Å². The number of hydrogen-bond acceptors (Lipinski definition) is 6. The molecule has 0 aliphatic heterocycles. The molecule has 0 heterocycles. The Bertz CT molecular complexity index is 885. The van der Waals surface area contributed by atoms with E-state index in [4.69, 9.17) is 14.2 Å². The van der Waals surface area contributed by atoms with Crippen LogP contribution in [0.2, 0.25) is 0 Å². The molecule has 1 unspecified atom stereocenters. The molecule has 0 fully saturated rings. The van der Waals surface area contributed by atoms with Crippen LogP contribution < -0.4 is 0 Å². The first-order chi connectivity index (χ1) is 28.0. The standard InChI is InChI=1S/C51H96O6/c1-4-7-10-13-16-18-20-22-24-25-26-27-29-30-32-35-38-41-44-50(53)56-47-48(46-55-49(52)43-40-37-34-15-12-9-6-3)57-51(54)45-42-39-36-33-31-28-23-21-19-17-14-11-8-5-2/h21,23,48H,4-20,22,24-47H2,1-3H3/b23-21-. The van der Waals surface area contributed by atoms with E-state index in [0.717, 1.165) is 64.2 Å². The van der Waals surface area contributed by atoms with Crippen molar-refractivity contribution in [3.8, 4) is 0 Å². The molecule has 0 amide bonds. The smallest absolute Gasteiger partial charge is 0.306 e. The summed E-state index contributed by atoms with van der Waals surface area (Å²) in [7, 11) is 0. The van der Waals surface area contributed by atoms with E-state index in [9.17, 15) is 14.4 Å². The monoisotopic (exact) mass is 805 g/mol. The van der Waals surface area contributed by atoms with Crippen LogP contribution >= 0.6 is 0 Å². The lowest BCUT2D eigenvalue weighted by atomic mass is 10.0. The molecule has 0 aromatic heterocycles. The summed E-state index contributed by atoms with van der Waals surface area (Å²) in [4.78, 5) is 37.7. The molecule has 336 valence electrons. The normalized spacial score (nSPS) is 12.0. The van der Waals surface area contributed by atoms with E-state index in [0.29, 0.717) is 19.3 Å². The van der Waals surface area contributed by atoms with E-state index >= 15 is 0 Å². The van der Waals surface area contributed by atoms with Gasteiger partial charge in [0.15, 0.2) is 6.10 Å². The van der Waals surface area contributed by atoms with Crippen molar-refractivity contribution in [3.05, 3.63) is 12.2 Å². The van der Waals surface area contributed by atoms with Crippen LogP contribution in [0.25, 0.3) is 0 Å². The van der Waals surface area contributed by atoms with Gasteiger partial charge in [0.2, 0.25) is 0 Å². The molecule has 0 rings (SSSR count). The lowest BCUT2D eigenvalue weighted by Crippen LogP contribution is -2.30. The third-order valence-corrected chi connectivity index (χ3v) is 11.3. The van der Waals surface area contributed by atoms with Gasteiger partial charge in [0, 0.05) is 19.3 Å². The minimum absolute atomic E-state index is 0.0689. The number of hydrogen-bond donors (Lipinski definition) is 0. The predicted octanol–water partition coefficient (Wildman–Crippen LogP) is 16.2. The van der Waals surface area contributed by atoms with Crippen molar-refractivity contribution in [2.45, 2.75) is 284 Å². The largest absolute Gasteiger partial charge is 0.462 e. The summed E-state index contributed by atoms with van der Waals surface area (Å²) in [5.74, 6) is -0.870. The number of unbranched alkanes of at least 4 members (excludes halogenated alkanes) is 33. The molecular formula is C51H96O6. The Morgan fingerprint density at radius 3 is 0.877 bits per heavy atom. The quantitative estimate of drug-likeness (QED) is 0.0264. The van der Waals surface area contributed by atoms with E-state index in [1.807, 2.05) is 0 Å². The number of rotatable bonds is 46. The van der Waals surface area contributed by atoms with Gasteiger partial charge in [-0.1, -0.05) is 226 Å². The molecule has 6 nitrogen and oxygen atoms in total. The highest BCUT2D eigenvalue weighted by Crippen LogP contribution is 2.16. The van der Waals surface area contributed by atoms with Crippen LogP contribution in [0.4, 0.5) is 0 Å². The fourth-order valence-electron chi connectivity index (χ4n) is 7.44. The SMILES string of the molecule is CCCCCCC/C=C\CCCCCCCC(=O)OC(COC(=O)CCCCCCCCC)COC(=O)CCCCCCCCCCCCCCCCCCCC. The van der Waals surface area contributed by atoms with Gasteiger partial charge in [-0.15, -0.1) is 0 Å². The van der Waals surface area contributed by atoms with Gasteiger partial charge in [0.05, 0.1) is 0 Å². The zero-order chi connectivity index (χ0) is 41.5. The Morgan fingerprint density at radius 1 is 0.333 bits per heavy atom. The number of allylic oxidation sites excluding steroid dienone is 2. The van der Waals surface area contributed by atoms with Crippen molar-refractivity contribution >= 4 is 17.9 Å². The average Bonchev–Trinajstić information content (AvgIpc) is 3.21. The van der Waals surface area contributed by atoms with Gasteiger partial charge in [0.25, 0.3) is 0 Å². The summed E-state index contributed by atoms with van der Waals surface area (Å²) in [6, 6.07) is 0. The second kappa shape index (κ2) is 46.8. The van der Waals surface area contributed by atoms with Crippen LogP contribution in [0.3, 0.4) is 0 Å². The van der Waals surface area contributed by atoms with Crippen molar-refractivity contribution < 1.29 is 28.6 Å². The van der Waals surface area contributed by atoms with E-state index in [2.05, 4.69) is 32.9 Å². The maximum atomic E-state index is 12.7. The van der Waals surface area contributed by atoms with Crippen LogP contribution in [0, 0.1) is 0 Å². The molecule has 0 saturated heterocycles. The van der Waals surface area contributed by atoms with Crippen LogP contribution in [0.1, 0.15) is 278 Å². The van der Waals surface area contributed by atoms with Crippen LogP contribution in [-0.2, 0) is 28.6 Å². The van der Waals surface area contributed by atoms with Crippen molar-refractivity contribution in [2.75, 3.05) is 13.2 Å². The summed E-state index contributed by atoms with van der Waals surface area (Å²) in [5, 5.41) is 0. The Labute approximate surface area is 354 Å². The molecule has 0 radical (unpaired) electrons. The molecule has 57 heavy (non-hydrogen) atoms. The van der Waals surface area contributed by atoms with Crippen LogP contribution in [-0.4, -0.2) is 37.2 Å². The molecular weight excluding hydrogens is 709 g/mol. The fourth-order valence-corrected chi connectivity index (χ4v) is 7.44. The topological polar surface area (TPSA) is 78.9 Å². The minimum Gasteiger partial charge on any atom is -0.462 e. The Hall–Kier alpha value is -1.85. The number of carbonyl (C=O) groups excluding carboxylic acids is 3. The number of carbonyl (C=O) groups is 3. The molecule has 0 aromatic rings. The molecule has 0 bridgehead atoms. The summed E-state index contributed by atoms with van der Waals surface area (Å²) >= 11 is 0.